The topological polar surface area (TPSA) is 28.7 Å². The highest BCUT2D eigenvalue weighted by Crippen LogP contribution is 2.23. The van der Waals surface area contributed by atoms with Crippen molar-refractivity contribution in [2.24, 2.45) is 0 Å². The van der Waals surface area contributed by atoms with Crippen molar-refractivity contribution < 1.29 is 4.39 Å². The van der Waals surface area contributed by atoms with E-state index < -0.39 is 0 Å². The van der Waals surface area contributed by atoms with Gasteiger partial charge in [-0.05, 0) is 31.5 Å². The molecule has 1 aromatic heterocycles. The van der Waals surface area contributed by atoms with Crippen LogP contribution in [0.15, 0.2) is 22.7 Å². The summed E-state index contributed by atoms with van der Waals surface area (Å²) in [6.07, 6.45) is 0.835. The molecule has 0 fully saturated rings. The lowest BCUT2D eigenvalue weighted by molar-refractivity contribution is 0.627. The predicted octanol–water partition coefficient (Wildman–Crippen LogP) is 4.58. The van der Waals surface area contributed by atoms with Crippen LogP contribution < -0.4 is 0 Å². The monoisotopic (exact) mass is 326 g/mol. The summed E-state index contributed by atoms with van der Waals surface area (Å²) in [5, 5.41) is 0. The summed E-state index contributed by atoms with van der Waals surface area (Å²) < 4.78 is 14.6. The summed E-state index contributed by atoms with van der Waals surface area (Å²) in [4.78, 5) is 7.51. The second-order valence-electron chi connectivity index (χ2n) is 4.01. The van der Waals surface area contributed by atoms with Gasteiger partial charge in [-0.25, -0.2) is 9.37 Å². The SMILES string of the molecule is CCc1[nH]c(-c2cc(F)cc(Br)c2)nc(=S)c1C. The minimum atomic E-state index is -0.306. The minimum Gasteiger partial charge on any atom is -0.343 e. The van der Waals surface area contributed by atoms with Gasteiger partial charge in [0.1, 0.15) is 16.3 Å². The third-order valence-electron chi connectivity index (χ3n) is 2.75. The van der Waals surface area contributed by atoms with E-state index in [0.29, 0.717) is 20.5 Å². The lowest BCUT2D eigenvalue weighted by Gasteiger charge is -2.08. The minimum absolute atomic E-state index is 0.306. The number of hydrogen-bond acceptors (Lipinski definition) is 2. The van der Waals surface area contributed by atoms with Gasteiger partial charge >= 0.3 is 0 Å². The van der Waals surface area contributed by atoms with E-state index in [1.165, 1.54) is 12.1 Å². The van der Waals surface area contributed by atoms with Gasteiger partial charge in [-0.3, -0.25) is 0 Å². The molecule has 0 saturated carbocycles. The molecular formula is C13H12BrFN2S. The Bertz CT molecular complexity index is 632. The van der Waals surface area contributed by atoms with Crippen LogP contribution in [-0.2, 0) is 6.42 Å². The van der Waals surface area contributed by atoms with Crippen LogP contribution in [0.3, 0.4) is 0 Å². The van der Waals surface area contributed by atoms with E-state index in [9.17, 15) is 4.39 Å². The predicted molar refractivity (Wildman–Crippen MR) is 76.6 cm³/mol. The molecule has 1 aromatic carbocycles. The van der Waals surface area contributed by atoms with Gasteiger partial charge in [0.05, 0.1) is 0 Å². The Balaban J connectivity index is 2.64. The number of benzene rings is 1. The molecule has 0 saturated heterocycles. The van der Waals surface area contributed by atoms with Crippen LogP contribution in [0.25, 0.3) is 11.4 Å². The van der Waals surface area contributed by atoms with Crippen LogP contribution in [0.1, 0.15) is 18.2 Å². The van der Waals surface area contributed by atoms with E-state index >= 15 is 0 Å². The van der Waals surface area contributed by atoms with Crippen molar-refractivity contribution in [3.63, 3.8) is 0 Å². The highest BCUT2D eigenvalue weighted by molar-refractivity contribution is 9.10. The van der Waals surface area contributed by atoms with E-state index in [2.05, 4.69) is 25.9 Å². The lowest BCUT2D eigenvalue weighted by atomic mass is 10.1. The molecule has 18 heavy (non-hydrogen) atoms. The maximum Gasteiger partial charge on any atom is 0.139 e. The fraction of sp³-hybridized carbons (Fsp3) is 0.231. The molecule has 0 aliphatic carbocycles. The third-order valence-corrected chi connectivity index (χ3v) is 3.60. The van der Waals surface area contributed by atoms with E-state index in [0.717, 1.165) is 17.7 Å². The first-order chi connectivity index (χ1) is 8.51. The summed E-state index contributed by atoms with van der Waals surface area (Å²) in [6, 6.07) is 4.66. The number of nitrogens with zero attached hydrogens (tertiary/aromatic N) is 1. The Labute approximate surface area is 118 Å². The number of hydrogen-bond donors (Lipinski definition) is 1. The van der Waals surface area contributed by atoms with Crippen LogP contribution in [-0.4, -0.2) is 9.97 Å². The molecule has 5 heteroatoms. The van der Waals surface area contributed by atoms with Gasteiger partial charge in [-0.15, -0.1) is 0 Å². The van der Waals surface area contributed by atoms with E-state index in [-0.39, 0.29) is 5.82 Å². The molecule has 0 aliphatic heterocycles. The van der Waals surface area contributed by atoms with Gasteiger partial charge in [0, 0.05) is 21.3 Å². The number of H-pyrrole nitrogens is 1. The zero-order chi connectivity index (χ0) is 13.3. The van der Waals surface area contributed by atoms with Gasteiger partial charge in [0.25, 0.3) is 0 Å². The van der Waals surface area contributed by atoms with Crippen molar-refractivity contribution in [1.29, 1.82) is 0 Å². The summed E-state index contributed by atoms with van der Waals surface area (Å²) in [7, 11) is 0. The molecule has 1 N–H and O–H groups in total. The van der Waals surface area contributed by atoms with Crippen LogP contribution in [0, 0.1) is 17.4 Å². The molecule has 94 valence electrons. The summed E-state index contributed by atoms with van der Waals surface area (Å²) in [5.74, 6) is 0.293. The highest BCUT2D eigenvalue weighted by atomic mass is 79.9. The molecule has 2 nitrogen and oxygen atoms in total. The zero-order valence-corrected chi connectivity index (χ0v) is 12.5. The van der Waals surface area contributed by atoms with Gasteiger partial charge in [0.15, 0.2) is 0 Å². The van der Waals surface area contributed by atoms with Crippen molar-refractivity contribution in [1.82, 2.24) is 9.97 Å². The van der Waals surface area contributed by atoms with Crippen molar-refractivity contribution in [3.8, 4) is 11.4 Å². The summed E-state index contributed by atoms with van der Waals surface area (Å²) in [6.45, 7) is 3.98. The molecule has 0 bridgehead atoms. The van der Waals surface area contributed by atoms with E-state index in [4.69, 9.17) is 12.2 Å². The van der Waals surface area contributed by atoms with Crippen molar-refractivity contribution in [2.75, 3.05) is 0 Å². The van der Waals surface area contributed by atoms with Crippen molar-refractivity contribution >= 4 is 28.1 Å². The number of rotatable bonds is 2. The van der Waals surface area contributed by atoms with Gasteiger partial charge in [-0.2, -0.15) is 0 Å². The number of aromatic nitrogens is 2. The standard InChI is InChI=1S/C13H12BrFN2S/c1-3-11-7(2)13(18)17-12(16-11)8-4-9(14)6-10(15)5-8/h4-6H,3H2,1-2H3,(H,16,17,18). The first-order valence-electron chi connectivity index (χ1n) is 5.57. The highest BCUT2D eigenvalue weighted by Gasteiger charge is 2.07. The Hall–Kier alpha value is -1.07. The largest absolute Gasteiger partial charge is 0.343 e. The van der Waals surface area contributed by atoms with E-state index in [1.54, 1.807) is 0 Å². The Morgan fingerprint density at radius 3 is 2.72 bits per heavy atom. The Kier molecular flexibility index (Phi) is 3.92. The normalized spacial score (nSPS) is 10.7. The van der Waals surface area contributed by atoms with Gasteiger partial charge in [-0.1, -0.05) is 35.1 Å². The summed E-state index contributed by atoms with van der Waals surface area (Å²) >= 11 is 8.49. The van der Waals surface area contributed by atoms with Gasteiger partial charge in [0.2, 0.25) is 0 Å². The molecule has 0 atom stereocenters. The second kappa shape index (κ2) is 5.28. The third kappa shape index (κ3) is 2.67. The van der Waals surface area contributed by atoms with Crippen molar-refractivity contribution in [2.45, 2.75) is 20.3 Å². The lowest BCUT2D eigenvalue weighted by Crippen LogP contribution is -1.99. The van der Waals surface area contributed by atoms with Gasteiger partial charge < -0.3 is 4.98 Å². The molecule has 0 radical (unpaired) electrons. The fourth-order valence-electron chi connectivity index (χ4n) is 1.76. The quantitative estimate of drug-likeness (QED) is 0.818. The summed E-state index contributed by atoms with van der Waals surface area (Å²) in [5.41, 5.74) is 2.69. The van der Waals surface area contributed by atoms with E-state index in [1.807, 2.05) is 19.9 Å². The van der Waals surface area contributed by atoms with Crippen LogP contribution in [0.5, 0.6) is 0 Å². The number of halogens is 2. The molecule has 2 aromatic rings. The van der Waals surface area contributed by atoms with Crippen LogP contribution >= 0.6 is 28.1 Å². The van der Waals surface area contributed by atoms with Crippen molar-refractivity contribution in [3.05, 3.63) is 44.4 Å². The first-order valence-corrected chi connectivity index (χ1v) is 6.77. The Morgan fingerprint density at radius 1 is 1.39 bits per heavy atom. The Morgan fingerprint density at radius 2 is 2.11 bits per heavy atom. The molecule has 0 aliphatic rings. The number of aryl methyl sites for hydroxylation is 1. The number of nitrogens with one attached hydrogen (secondary N) is 1. The molecule has 0 amide bonds. The number of aromatic amines is 1. The molecular weight excluding hydrogens is 315 g/mol. The van der Waals surface area contributed by atoms with Crippen LogP contribution in [0.2, 0.25) is 0 Å². The molecule has 0 spiro atoms. The van der Waals surface area contributed by atoms with Crippen LogP contribution in [0.4, 0.5) is 4.39 Å². The molecule has 0 unspecified atom stereocenters. The average molecular weight is 327 g/mol. The maximum absolute atomic E-state index is 13.4. The second-order valence-corrected chi connectivity index (χ2v) is 5.31. The zero-order valence-electron chi connectivity index (χ0n) is 10.1. The fourth-order valence-corrected chi connectivity index (χ4v) is 2.44. The average Bonchev–Trinajstić information content (AvgIpc) is 2.31. The first kappa shape index (κ1) is 13.4. The molecule has 1 heterocycles. The maximum atomic E-state index is 13.4. The smallest absolute Gasteiger partial charge is 0.139 e. The molecule has 2 rings (SSSR count).